The molecular formula is C21H26N6O3. The van der Waals surface area contributed by atoms with Crippen LogP contribution in [0.15, 0.2) is 33.9 Å². The van der Waals surface area contributed by atoms with Crippen molar-refractivity contribution in [2.45, 2.75) is 20.4 Å². The molecule has 1 aromatic carbocycles. The van der Waals surface area contributed by atoms with Crippen LogP contribution in [-0.4, -0.2) is 55.7 Å². The van der Waals surface area contributed by atoms with Gasteiger partial charge in [-0.3, -0.25) is 23.3 Å². The van der Waals surface area contributed by atoms with Gasteiger partial charge in [-0.15, -0.1) is 0 Å². The topological polar surface area (TPSA) is 85.4 Å². The van der Waals surface area contributed by atoms with Crippen molar-refractivity contribution in [3.05, 3.63) is 56.2 Å². The highest BCUT2D eigenvalue weighted by Gasteiger charge is 2.26. The number of aromatic nitrogens is 4. The molecule has 0 bridgehead atoms. The summed E-state index contributed by atoms with van der Waals surface area (Å²) in [7, 11) is 3.11. The van der Waals surface area contributed by atoms with Gasteiger partial charge >= 0.3 is 5.69 Å². The Labute approximate surface area is 173 Å². The second kappa shape index (κ2) is 7.47. The second-order valence-electron chi connectivity index (χ2n) is 7.85. The number of amides is 1. The average Bonchev–Trinajstić information content (AvgIpc) is 3.11. The fourth-order valence-corrected chi connectivity index (χ4v) is 3.92. The normalized spacial score (nSPS) is 14.5. The zero-order valence-corrected chi connectivity index (χ0v) is 17.8. The van der Waals surface area contributed by atoms with Gasteiger partial charge in [0.1, 0.15) is 0 Å². The maximum atomic E-state index is 13.0. The van der Waals surface area contributed by atoms with Crippen molar-refractivity contribution in [1.29, 1.82) is 0 Å². The zero-order chi connectivity index (χ0) is 21.6. The molecule has 0 spiro atoms. The van der Waals surface area contributed by atoms with E-state index < -0.39 is 5.69 Å². The summed E-state index contributed by atoms with van der Waals surface area (Å²) >= 11 is 0. The van der Waals surface area contributed by atoms with Gasteiger partial charge in [-0.25, -0.2) is 4.79 Å². The lowest BCUT2D eigenvalue weighted by Crippen LogP contribution is -2.48. The summed E-state index contributed by atoms with van der Waals surface area (Å²) in [5.41, 5.74) is 2.22. The summed E-state index contributed by atoms with van der Waals surface area (Å²) in [5, 5.41) is 0. The third-order valence-corrected chi connectivity index (χ3v) is 5.80. The number of carbonyl (C=O) groups is 1. The molecular weight excluding hydrogens is 384 g/mol. The lowest BCUT2D eigenvalue weighted by molar-refractivity contribution is -0.129. The molecule has 3 heterocycles. The molecule has 30 heavy (non-hydrogen) atoms. The fraction of sp³-hybridized carbons (Fsp3) is 0.429. The minimum Gasteiger partial charge on any atom is -0.339 e. The van der Waals surface area contributed by atoms with Crippen LogP contribution in [-0.2, 0) is 25.4 Å². The van der Waals surface area contributed by atoms with Crippen LogP contribution < -0.4 is 16.1 Å². The number of fused-ring (bicyclic) bond motifs is 1. The van der Waals surface area contributed by atoms with Gasteiger partial charge in [-0.2, -0.15) is 4.98 Å². The molecule has 0 saturated carbocycles. The molecule has 0 unspecified atom stereocenters. The SMILES string of the molecule is CC(=O)N1CCN(c2nc3c(c(=O)n(C)c(=O)n3C)n2Cc2ccc(C)cc2)CC1. The number of piperazine rings is 1. The summed E-state index contributed by atoms with van der Waals surface area (Å²) in [4.78, 5) is 45.7. The first kappa shape index (κ1) is 19.9. The number of carbonyl (C=O) groups excluding carboxylic acids is 1. The first-order valence-corrected chi connectivity index (χ1v) is 10.00. The van der Waals surface area contributed by atoms with Crippen molar-refractivity contribution in [1.82, 2.24) is 23.6 Å². The van der Waals surface area contributed by atoms with E-state index in [1.807, 2.05) is 35.8 Å². The summed E-state index contributed by atoms with van der Waals surface area (Å²) in [6, 6.07) is 8.14. The molecule has 1 aliphatic rings. The third-order valence-electron chi connectivity index (χ3n) is 5.80. The van der Waals surface area contributed by atoms with Crippen LogP contribution in [0.25, 0.3) is 11.2 Å². The molecule has 3 aromatic rings. The zero-order valence-electron chi connectivity index (χ0n) is 17.8. The van der Waals surface area contributed by atoms with Crippen LogP contribution in [0.5, 0.6) is 0 Å². The van der Waals surface area contributed by atoms with Gasteiger partial charge in [0.05, 0.1) is 6.54 Å². The first-order valence-electron chi connectivity index (χ1n) is 10.00. The maximum Gasteiger partial charge on any atom is 0.332 e. The standard InChI is InChI=1S/C21H26N6O3/c1-14-5-7-16(8-6-14)13-27-17-18(23(3)21(30)24(4)19(17)29)22-20(27)26-11-9-25(10-12-26)15(2)28/h5-8H,9-13H2,1-4H3. The van der Waals surface area contributed by atoms with E-state index in [2.05, 4.69) is 4.90 Å². The number of nitrogens with zero attached hydrogens (tertiary/aromatic N) is 6. The molecule has 0 N–H and O–H groups in total. The maximum absolute atomic E-state index is 13.0. The molecule has 158 valence electrons. The molecule has 2 aromatic heterocycles. The van der Waals surface area contributed by atoms with Gasteiger partial charge in [-0.1, -0.05) is 29.8 Å². The number of anilines is 1. The Kier molecular flexibility index (Phi) is 4.97. The van der Waals surface area contributed by atoms with Gasteiger partial charge in [0.2, 0.25) is 11.9 Å². The smallest absolute Gasteiger partial charge is 0.332 e. The highest BCUT2D eigenvalue weighted by molar-refractivity contribution is 5.75. The average molecular weight is 410 g/mol. The Balaban J connectivity index is 1.86. The Morgan fingerprint density at radius 3 is 2.23 bits per heavy atom. The predicted molar refractivity (Wildman–Crippen MR) is 115 cm³/mol. The van der Waals surface area contributed by atoms with Gasteiger partial charge in [0.15, 0.2) is 11.2 Å². The number of hydrogen-bond acceptors (Lipinski definition) is 5. The van der Waals surface area contributed by atoms with E-state index in [9.17, 15) is 14.4 Å². The highest BCUT2D eigenvalue weighted by Crippen LogP contribution is 2.23. The monoisotopic (exact) mass is 410 g/mol. The number of benzene rings is 1. The number of hydrogen-bond donors (Lipinski definition) is 0. The van der Waals surface area contributed by atoms with E-state index in [0.717, 1.165) is 15.7 Å². The van der Waals surface area contributed by atoms with Crippen LogP contribution in [0.4, 0.5) is 5.95 Å². The van der Waals surface area contributed by atoms with E-state index in [-0.39, 0.29) is 11.5 Å². The lowest BCUT2D eigenvalue weighted by atomic mass is 10.1. The molecule has 9 heteroatoms. The Morgan fingerprint density at radius 1 is 1.00 bits per heavy atom. The molecule has 1 amide bonds. The van der Waals surface area contributed by atoms with Crippen molar-refractivity contribution >= 4 is 23.0 Å². The van der Waals surface area contributed by atoms with Crippen LogP contribution >= 0.6 is 0 Å². The molecule has 4 rings (SSSR count). The van der Waals surface area contributed by atoms with Gasteiger partial charge in [0, 0.05) is 47.2 Å². The fourth-order valence-electron chi connectivity index (χ4n) is 3.92. The predicted octanol–water partition coefficient (Wildman–Crippen LogP) is 0.459. The van der Waals surface area contributed by atoms with Crippen molar-refractivity contribution < 1.29 is 4.79 Å². The van der Waals surface area contributed by atoms with Crippen molar-refractivity contribution in [2.24, 2.45) is 14.1 Å². The van der Waals surface area contributed by atoms with Gasteiger partial charge < -0.3 is 9.80 Å². The van der Waals surface area contributed by atoms with Gasteiger partial charge in [-0.05, 0) is 12.5 Å². The Morgan fingerprint density at radius 2 is 1.63 bits per heavy atom. The van der Waals surface area contributed by atoms with Crippen LogP contribution in [0.1, 0.15) is 18.1 Å². The third kappa shape index (κ3) is 3.30. The number of imidazole rings is 1. The molecule has 0 radical (unpaired) electrons. The minimum absolute atomic E-state index is 0.0547. The summed E-state index contributed by atoms with van der Waals surface area (Å²) in [6.07, 6.45) is 0. The molecule has 1 aliphatic heterocycles. The molecule has 1 fully saturated rings. The Bertz CT molecular complexity index is 1230. The van der Waals surface area contributed by atoms with Gasteiger partial charge in [0.25, 0.3) is 5.56 Å². The van der Waals surface area contributed by atoms with E-state index >= 15 is 0 Å². The Hall–Kier alpha value is -3.36. The summed E-state index contributed by atoms with van der Waals surface area (Å²) < 4.78 is 4.43. The molecule has 1 saturated heterocycles. The quantitative estimate of drug-likeness (QED) is 0.626. The van der Waals surface area contributed by atoms with Crippen molar-refractivity contribution in [3.8, 4) is 0 Å². The van der Waals surface area contributed by atoms with E-state index in [4.69, 9.17) is 4.98 Å². The van der Waals surface area contributed by atoms with E-state index in [1.54, 1.807) is 18.9 Å². The molecule has 0 aliphatic carbocycles. The number of rotatable bonds is 3. The van der Waals surface area contributed by atoms with Crippen molar-refractivity contribution in [2.75, 3.05) is 31.1 Å². The first-order chi connectivity index (χ1) is 14.3. The summed E-state index contributed by atoms with van der Waals surface area (Å²) in [5.74, 6) is 0.700. The number of aryl methyl sites for hydroxylation is 2. The van der Waals surface area contributed by atoms with Crippen LogP contribution in [0.2, 0.25) is 0 Å². The second-order valence-corrected chi connectivity index (χ2v) is 7.85. The largest absolute Gasteiger partial charge is 0.339 e. The summed E-state index contributed by atoms with van der Waals surface area (Å²) in [6.45, 7) is 6.49. The van der Waals surface area contributed by atoms with E-state index in [0.29, 0.717) is 49.8 Å². The van der Waals surface area contributed by atoms with Crippen LogP contribution in [0, 0.1) is 6.92 Å². The van der Waals surface area contributed by atoms with E-state index in [1.165, 1.54) is 11.6 Å². The molecule has 0 atom stereocenters. The highest BCUT2D eigenvalue weighted by atomic mass is 16.2. The van der Waals surface area contributed by atoms with Crippen LogP contribution in [0.3, 0.4) is 0 Å². The minimum atomic E-state index is -0.402. The molecule has 9 nitrogen and oxygen atoms in total. The van der Waals surface area contributed by atoms with Crippen molar-refractivity contribution in [3.63, 3.8) is 0 Å². The lowest BCUT2D eigenvalue weighted by Gasteiger charge is -2.35.